The molecule has 2 heterocycles. The lowest BCUT2D eigenvalue weighted by molar-refractivity contribution is -0.130. The van der Waals surface area contributed by atoms with Gasteiger partial charge in [-0.05, 0) is 43.4 Å². The molecule has 1 fully saturated rings. The van der Waals surface area contributed by atoms with Crippen molar-refractivity contribution < 1.29 is 14.1 Å². The highest BCUT2D eigenvalue weighted by atomic mass is 16.5. The summed E-state index contributed by atoms with van der Waals surface area (Å²) in [6.45, 7) is 2.75. The maximum absolute atomic E-state index is 12.7. The largest absolute Gasteiger partial charge is 0.439 e. The third kappa shape index (κ3) is 5.75. The number of carbonyl (C=O) groups excluding carboxylic acids is 2. The maximum atomic E-state index is 12.7. The maximum Gasteiger partial charge on any atom is 0.439 e. The number of aromatic amines is 1. The highest BCUT2D eigenvalue weighted by Gasteiger charge is 2.29. The molecule has 0 aliphatic carbocycles. The number of rotatable bonds is 7. The number of hydrogen-bond donors (Lipinski definition) is 4. The van der Waals surface area contributed by atoms with Gasteiger partial charge in [0.05, 0.1) is 6.04 Å². The molecule has 4 rings (SSSR count). The molecule has 1 unspecified atom stereocenters. The molecule has 3 atom stereocenters. The summed E-state index contributed by atoms with van der Waals surface area (Å²) in [6.07, 6.45) is 1.68. The van der Waals surface area contributed by atoms with Crippen molar-refractivity contribution in [1.82, 2.24) is 26.1 Å². The van der Waals surface area contributed by atoms with E-state index in [0.29, 0.717) is 30.3 Å². The first kappa shape index (κ1) is 22.5. The second-order valence-corrected chi connectivity index (χ2v) is 8.23. The SMILES string of the molecule is CC(NC(=O)[C@H]1C[C@@H](c2ccccc2)CCN1)C(=O)NCc1ccc(-c2noc(=O)[nH]2)cc1. The molecule has 1 aliphatic rings. The average Bonchev–Trinajstić information content (AvgIpc) is 3.29. The Balaban J connectivity index is 1.26. The number of nitrogens with one attached hydrogen (secondary N) is 4. The number of H-pyrrole nitrogens is 1. The third-order valence-corrected chi connectivity index (χ3v) is 5.88. The quantitative estimate of drug-likeness (QED) is 0.434. The van der Waals surface area contributed by atoms with E-state index in [0.717, 1.165) is 18.5 Å². The van der Waals surface area contributed by atoms with Crippen LogP contribution in [0.3, 0.4) is 0 Å². The van der Waals surface area contributed by atoms with Crippen LogP contribution in [0.25, 0.3) is 11.4 Å². The van der Waals surface area contributed by atoms with Crippen LogP contribution < -0.4 is 21.7 Å². The summed E-state index contributed by atoms with van der Waals surface area (Å²) >= 11 is 0. The molecule has 9 nitrogen and oxygen atoms in total. The second-order valence-electron chi connectivity index (χ2n) is 8.23. The molecule has 0 radical (unpaired) electrons. The Morgan fingerprint density at radius 3 is 2.61 bits per heavy atom. The Morgan fingerprint density at radius 2 is 1.91 bits per heavy atom. The predicted molar refractivity (Wildman–Crippen MR) is 122 cm³/mol. The molecule has 9 heteroatoms. The number of nitrogens with zero attached hydrogens (tertiary/aromatic N) is 1. The molecular formula is C24H27N5O4. The Labute approximate surface area is 191 Å². The van der Waals surface area contributed by atoms with Crippen molar-refractivity contribution in [2.75, 3.05) is 6.54 Å². The first-order valence-electron chi connectivity index (χ1n) is 11.0. The molecule has 2 amide bonds. The minimum absolute atomic E-state index is 0.163. The van der Waals surface area contributed by atoms with E-state index in [9.17, 15) is 14.4 Å². The molecule has 3 aromatic rings. The lowest BCUT2D eigenvalue weighted by atomic mass is 9.86. The molecule has 0 saturated carbocycles. The van der Waals surface area contributed by atoms with Crippen LogP contribution in [0.1, 0.15) is 36.8 Å². The van der Waals surface area contributed by atoms with Crippen molar-refractivity contribution >= 4 is 11.8 Å². The fourth-order valence-corrected chi connectivity index (χ4v) is 4.00. The van der Waals surface area contributed by atoms with Crippen LogP contribution in [-0.2, 0) is 16.1 Å². The average molecular weight is 450 g/mol. The van der Waals surface area contributed by atoms with Crippen LogP contribution >= 0.6 is 0 Å². The van der Waals surface area contributed by atoms with Gasteiger partial charge in [0.25, 0.3) is 0 Å². The normalized spacial score (nSPS) is 18.9. The first-order valence-corrected chi connectivity index (χ1v) is 11.0. The van der Waals surface area contributed by atoms with Crippen molar-refractivity contribution in [3.63, 3.8) is 0 Å². The van der Waals surface area contributed by atoms with Crippen molar-refractivity contribution in [2.45, 2.75) is 44.3 Å². The van der Waals surface area contributed by atoms with E-state index < -0.39 is 11.8 Å². The van der Waals surface area contributed by atoms with Gasteiger partial charge in [-0.25, -0.2) is 4.79 Å². The van der Waals surface area contributed by atoms with Crippen molar-refractivity contribution in [3.8, 4) is 11.4 Å². The van der Waals surface area contributed by atoms with Gasteiger partial charge in [-0.1, -0.05) is 59.8 Å². The smallest absolute Gasteiger partial charge is 0.350 e. The fraction of sp³-hybridized carbons (Fsp3) is 0.333. The van der Waals surface area contributed by atoms with Gasteiger partial charge in [0, 0.05) is 12.1 Å². The number of benzene rings is 2. The Kier molecular flexibility index (Phi) is 6.99. The number of carbonyl (C=O) groups is 2. The topological polar surface area (TPSA) is 129 Å². The Hall–Kier alpha value is -3.72. The zero-order valence-electron chi connectivity index (χ0n) is 18.3. The summed E-state index contributed by atoms with van der Waals surface area (Å²) in [4.78, 5) is 38.8. The molecule has 1 saturated heterocycles. The molecule has 0 bridgehead atoms. The summed E-state index contributed by atoms with van der Waals surface area (Å²) in [7, 11) is 0. The van der Waals surface area contributed by atoms with Gasteiger partial charge in [-0.2, -0.15) is 0 Å². The van der Waals surface area contributed by atoms with E-state index in [1.807, 2.05) is 30.3 Å². The zero-order chi connectivity index (χ0) is 23.2. The van der Waals surface area contributed by atoms with Crippen LogP contribution in [0.2, 0.25) is 0 Å². The Bertz CT molecular complexity index is 1140. The van der Waals surface area contributed by atoms with E-state index in [1.54, 1.807) is 19.1 Å². The summed E-state index contributed by atoms with van der Waals surface area (Å²) < 4.78 is 4.50. The summed E-state index contributed by atoms with van der Waals surface area (Å²) in [5, 5.41) is 12.6. The van der Waals surface area contributed by atoms with E-state index >= 15 is 0 Å². The second kappa shape index (κ2) is 10.3. The molecule has 172 valence electrons. The number of amides is 2. The molecule has 4 N–H and O–H groups in total. The minimum Gasteiger partial charge on any atom is -0.350 e. The molecule has 1 aromatic heterocycles. The van der Waals surface area contributed by atoms with Gasteiger partial charge in [0.2, 0.25) is 11.8 Å². The van der Waals surface area contributed by atoms with Crippen LogP contribution in [0, 0.1) is 0 Å². The van der Waals surface area contributed by atoms with E-state index in [-0.39, 0.29) is 17.9 Å². The van der Waals surface area contributed by atoms with Crippen LogP contribution in [-0.4, -0.2) is 40.6 Å². The van der Waals surface area contributed by atoms with E-state index in [4.69, 9.17) is 0 Å². The molecule has 33 heavy (non-hydrogen) atoms. The van der Waals surface area contributed by atoms with E-state index in [2.05, 4.69) is 42.7 Å². The van der Waals surface area contributed by atoms with Gasteiger partial charge in [-0.15, -0.1) is 0 Å². The zero-order valence-corrected chi connectivity index (χ0v) is 18.3. The summed E-state index contributed by atoms with van der Waals surface area (Å²) in [5.74, 6) is -0.368. The number of piperidine rings is 1. The van der Waals surface area contributed by atoms with Gasteiger partial charge in [-0.3, -0.25) is 19.1 Å². The summed E-state index contributed by atoms with van der Waals surface area (Å²) in [5.41, 5.74) is 2.81. The number of aromatic nitrogens is 2. The van der Waals surface area contributed by atoms with Crippen molar-refractivity contribution in [3.05, 3.63) is 76.3 Å². The lowest BCUT2D eigenvalue weighted by Crippen LogP contribution is -2.53. The predicted octanol–water partition coefficient (Wildman–Crippen LogP) is 1.69. The monoisotopic (exact) mass is 449 g/mol. The molecule has 2 aromatic carbocycles. The molecule has 0 spiro atoms. The minimum atomic E-state index is -0.657. The highest BCUT2D eigenvalue weighted by molar-refractivity contribution is 5.89. The molecular weight excluding hydrogens is 422 g/mol. The highest BCUT2D eigenvalue weighted by Crippen LogP contribution is 2.27. The number of hydrogen-bond acceptors (Lipinski definition) is 6. The van der Waals surface area contributed by atoms with Gasteiger partial charge < -0.3 is 16.0 Å². The van der Waals surface area contributed by atoms with Crippen LogP contribution in [0.4, 0.5) is 0 Å². The lowest BCUT2D eigenvalue weighted by Gasteiger charge is -2.30. The van der Waals surface area contributed by atoms with Crippen LogP contribution in [0.5, 0.6) is 0 Å². The molecule has 1 aliphatic heterocycles. The standard InChI is InChI=1S/C24H27N5O4/c1-15(27-23(31)20-13-19(11-12-25-20)17-5-3-2-4-6-17)22(30)26-14-16-7-9-18(10-8-16)21-28-24(32)33-29-21/h2-10,15,19-20,25H,11-14H2,1H3,(H,26,30)(H,27,31)(H,28,29,32)/t15?,19-,20+/m0/s1. The first-order chi connectivity index (χ1) is 16.0. The van der Waals surface area contributed by atoms with Crippen molar-refractivity contribution in [1.29, 1.82) is 0 Å². The van der Waals surface area contributed by atoms with Crippen molar-refractivity contribution in [2.24, 2.45) is 0 Å². The van der Waals surface area contributed by atoms with Crippen LogP contribution in [0.15, 0.2) is 63.9 Å². The van der Waals surface area contributed by atoms with Gasteiger partial charge in [0.15, 0.2) is 5.82 Å². The fourth-order valence-electron chi connectivity index (χ4n) is 4.00. The summed E-state index contributed by atoms with van der Waals surface area (Å²) in [6, 6.07) is 16.4. The van der Waals surface area contributed by atoms with Gasteiger partial charge >= 0.3 is 5.76 Å². The van der Waals surface area contributed by atoms with E-state index in [1.165, 1.54) is 5.56 Å². The third-order valence-electron chi connectivity index (χ3n) is 5.88. The van der Waals surface area contributed by atoms with Gasteiger partial charge in [0.1, 0.15) is 6.04 Å². The Morgan fingerprint density at radius 1 is 1.15 bits per heavy atom.